The average Bonchev–Trinajstić information content (AvgIpc) is 3.26. The maximum absolute atomic E-state index is 9.79. The molecule has 4 rings (SSSR count). The maximum atomic E-state index is 9.79. The Labute approximate surface area is 283 Å². The highest BCUT2D eigenvalue weighted by Gasteiger charge is 2.16. The van der Waals surface area contributed by atoms with Crippen molar-refractivity contribution < 1.29 is 34.3 Å². The van der Waals surface area contributed by atoms with Crippen LogP contribution in [0.2, 0.25) is 0 Å². The van der Waals surface area contributed by atoms with Gasteiger partial charge in [0.05, 0.1) is 45.2 Å². The summed E-state index contributed by atoms with van der Waals surface area (Å²) in [6.07, 6.45) is 2.81. The summed E-state index contributed by atoms with van der Waals surface area (Å²) in [5.74, 6) is 0.871. The SMILES string of the molecule is CC(C)(C)OC(O)CCOCCOCCOCCOc1cccc(CCCCn2c3ccc(Br)cc3c3cc(Br)ccc32)c1.O. The molecule has 1 unspecified atom stereocenters. The predicted molar refractivity (Wildman–Crippen MR) is 187 cm³/mol. The monoisotopic (exact) mass is 751 g/mol. The molecule has 3 aromatic carbocycles. The van der Waals surface area contributed by atoms with E-state index in [0.717, 1.165) is 40.5 Å². The number of fused-ring (bicyclic) bond motifs is 3. The van der Waals surface area contributed by atoms with E-state index in [4.69, 9.17) is 23.7 Å². The number of aryl methyl sites for hydroxylation is 2. The van der Waals surface area contributed by atoms with Crippen molar-refractivity contribution >= 4 is 53.7 Å². The van der Waals surface area contributed by atoms with Gasteiger partial charge in [0.1, 0.15) is 12.4 Å². The third kappa shape index (κ3) is 12.6. The van der Waals surface area contributed by atoms with Crippen molar-refractivity contribution in [1.29, 1.82) is 0 Å². The van der Waals surface area contributed by atoms with Gasteiger partial charge in [-0.2, -0.15) is 0 Å². The van der Waals surface area contributed by atoms with E-state index in [0.29, 0.717) is 52.7 Å². The number of unbranched alkanes of at least 4 members (excludes halogenated alkanes) is 1. The Bertz CT molecular complexity index is 1390. The summed E-state index contributed by atoms with van der Waals surface area (Å²) in [5.41, 5.74) is 3.46. The zero-order chi connectivity index (χ0) is 31.4. The van der Waals surface area contributed by atoms with Crippen LogP contribution in [0.3, 0.4) is 0 Å². The lowest BCUT2D eigenvalue weighted by molar-refractivity contribution is -0.173. The van der Waals surface area contributed by atoms with Crippen LogP contribution in [0.15, 0.2) is 69.6 Å². The van der Waals surface area contributed by atoms with Gasteiger partial charge in [-0.25, -0.2) is 0 Å². The molecule has 1 atom stereocenters. The fourth-order valence-electron chi connectivity index (χ4n) is 5.09. The van der Waals surface area contributed by atoms with Gasteiger partial charge in [-0.3, -0.25) is 0 Å². The Morgan fingerprint density at radius 2 is 1.31 bits per heavy atom. The summed E-state index contributed by atoms with van der Waals surface area (Å²) in [4.78, 5) is 0. The van der Waals surface area contributed by atoms with E-state index in [2.05, 4.69) is 91.0 Å². The number of aliphatic hydroxyl groups is 1. The molecule has 1 aromatic heterocycles. The van der Waals surface area contributed by atoms with Crippen LogP contribution >= 0.6 is 31.9 Å². The lowest BCUT2D eigenvalue weighted by atomic mass is 10.1. The molecule has 0 saturated heterocycles. The highest BCUT2D eigenvalue weighted by Crippen LogP contribution is 2.33. The molecule has 0 fully saturated rings. The molecule has 10 heteroatoms. The van der Waals surface area contributed by atoms with Crippen molar-refractivity contribution in [2.45, 2.75) is 64.9 Å². The summed E-state index contributed by atoms with van der Waals surface area (Å²) < 4.78 is 32.6. The van der Waals surface area contributed by atoms with Crippen LogP contribution in [0.25, 0.3) is 21.8 Å². The molecule has 0 aliphatic rings. The van der Waals surface area contributed by atoms with Gasteiger partial charge in [0.2, 0.25) is 0 Å². The Balaban J connectivity index is 0.00000552. The molecule has 0 amide bonds. The van der Waals surface area contributed by atoms with Crippen LogP contribution in [0.1, 0.15) is 45.6 Å². The lowest BCUT2D eigenvalue weighted by Gasteiger charge is -2.23. The van der Waals surface area contributed by atoms with Gasteiger partial charge in [0.15, 0.2) is 6.29 Å². The highest BCUT2D eigenvalue weighted by atomic mass is 79.9. The summed E-state index contributed by atoms with van der Waals surface area (Å²) in [6, 6.07) is 21.4. The minimum Gasteiger partial charge on any atom is -0.491 e. The number of rotatable bonds is 19. The lowest BCUT2D eigenvalue weighted by Crippen LogP contribution is -2.28. The number of nitrogens with zero attached hydrogens (tertiary/aromatic N) is 1. The molecule has 248 valence electrons. The summed E-state index contributed by atoms with van der Waals surface area (Å²) in [6.45, 7) is 10.1. The van der Waals surface area contributed by atoms with Crippen molar-refractivity contribution in [1.82, 2.24) is 4.57 Å². The number of ether oxygens (including phenoxy) is 5. The molecule has 0 aliphatic carbocycles. The number of halogens is 2. The van der Waals surface area contributed by atoms with E-state index in [1.54, 1.807) is 0 Å². The van der Waals surface area contributed by atoms with Gasteiger partial charge in [0.25, 0.3) is 0 Å². The first kappa shape index (κ1) is 37.4. The molecular formula is C35H47Br2NO7. The van der Waals surface area contributed by atoms with E-state index < -0.39 is 6.29 Å². The van der Waals surface area contributed by atoms with Gasteiger partial charge < -0.3 is 38.8 Å². The number of hydrogen-bond acceptors (Lipinski definition) is 6. The molecule has 0 spiro atoms. The van der Waals surface area contributed by atoms with Crippen molar-refractivity contribution in [2.75, 3.05) is 46.2 Å². The van der Waals surface area contributed by atoms with Gasteiger partial charge in [-0.1, -0.05) is 44.0 Å². The smallest absolute Gasteiger partial charge is 0.157 e. The Hall–Kier alpha value is -2.02. The summed E-state index contributed by atoms with van der Waals surface area (Å²) in [7, 11) is 0. The zero-order valence-corrected chi connectivity index (χ0v) is 29.7. The number of hydrogen-bond donors (Lipinski definition) is 1. The van der Waals surface area contributed by atoms with Crippen molar-refractivity contribution in [3.8, 4) is 5.75 Å². The molecule has 0 bridgehead atoms. The van der Waals surface area contributed by atoms with Crippen molar-refractivity contribution in [3.05, 3.63) is 75.2 Å². The van der Waals surface area contributed by atoms with E-state index >= 15 is 0 Å². The second-order valence-corrected chi connectivity index (χ2v) is 13.6. The standard InChI is InChI=1S/C35H45Br2NO6.H2O/c1-35(2,3)44-34(39)14-16-40-17-18-41-19-20-42-21-22-43-29-9-6-8-26(23-29)7-4-5-15-38-32-12-10-27(36)24-30(32)31-25-28(37)11-13-33(31)38;/h6,8-13,23-25,34,39H,4-5,7,14-22H2,1-3H3;1H2. The zero-order valence-electron chi connectivity index (χ0n) is 26.5. The minimum absolute atomic E-state index is 0. The Morgan fingerprint density at radius 1 is 0.733 bits per heavy atom. The second kappa shape index (κ2) is 19.0. The molecule has 3 N–H and O–H groups in total. The molecule has 0 radical (unpaired) electrons. The highest BCUT2D eigenvalue weighted by molar-refractivity contribution is 9.10. The topological polar surface area (TPSA) is 103 Å². The largest absolute Gasteiger partial charge is 0.491 e. The molecule has 0 aliphatic heterocycles. The van der Waals surface area contributed by atoms with Gasteiger partial charge in [0, 0.05) is 43.7 Å². The van der Waals surface area contributed by atoms with Gasteiger partial charge >= 0.3 is 0 Å². The molecule has 1 heterocycles. The minimum atomic E-state index is -0.816. The average molecular weight is 754 g/mol. The first-order valence-electron chi connectivity index (χ1n) is 15.4. The quantitative estimate of drug-likeness (QED) is 0.0788. The molecular weight excluding hydrogens is 706 g/mol. The summed E-state index contributed by atoms with van der Waals surface area (Å²) >= 11 is 7.27. The van der Waals surface area contributed by atoms with E-state index in [-0.39, 0.29) is 11.1 Å². The number of benzene rings is 3. The molecule has 0 saturated carbocycles. The number of aromatic nitrogens is 1. The van der Waals surface area contributed by atoms with E-state index in [1.807, 2.05) is 26.8 Å². The van der Waals surface area contributed by atoms with Crippen molar-refractivity contribution in [3.63, 3.8) is 0 Å². The van der Waals surface area contributed by atoms with Crippen LogP contribution in [-0.2, 0) is 31.9 Å². The van der Waals surface area contributed by atoms with Crippen molar-refractivity contribution in [2.24, 2.45) is 0 Å². The fraction of sp³-hybridized carbons (Fsp3) is 0.486. The second-order valence-electron chi connectivity index (χ2n) is 11.7. The third-order valence-electron chi connectivity index (χ3n) is 7.02. The fourth-order valence-corrected chi connectivity index (χ4v) is 5.81. The molecule has 45 heavy (non-hydrogen) atoms. The summed E-state index contributed by atoms with van der Waals surface area (Å²) in [5, 5.41) is 12.3. The van der Waals surface area contributed by atoms with Crippen LogP contribution in [0, 0.1) is 0 Å². The van der Waals surface area contributed by atoms with Gasteiger partial charge in [-0.15, -0.1) is 0 Å². The van der Waals surface area contributed by atoms with Crippen LogP contribution in [0.5, 0.6) is 5.75 Å². The van der Waals surface area contributed by atoms with Crippen LogP contribution in [0.4, 0.5) is 0 Å². The first-order chi connectivity index (χ1) is 21.2. The molecule has 8 nitrogen and oxygen atoms in total. The Morgan fingerprint density at radius 3 is 1.91 bits per heavy atom. The molecule has 4 aromatic rings. The van der Waals surface area contributed by atoms with Gasteiger partial charge in [-0.05, 0) is 94.1 Å². The predicted octanol–water partition coefficient (Wildman–Crippen LogP) is 7.47. The maximum Gasteiger partial charge on any atom is 0.157 e. The van der Waals surface area contributed by atoms with Crippen LogP contribution in [-0.4, -0.2) is 73.3 Å². The van der Waals surface area contributed by atoms with E-state index in [1.165, 1.54) is 27.4 Å². The van der Waals surface area contributed by atoms with E-state index in [9.17, 15) is 5.11 Å². The first-order valence-corrected chi connectivity index (χ1v) is 17.0. The Kier molecular flexibility index (Phi) is 15.8. The third-order valence-corrected chi connectivity index (χ3v) is 8.01. The number of aliphatic hydroxyl groups excluding tert-OH is 1. The van der Waals surface area contributed by atoms with Crippen LogP contribution < -0.4 is 4.74 Å². The normalized spacial score (nSPS) is 12.5.